The molecule has 204 valence electrons. The van der Waals surface area contributed by atoms with Gasteiger partial charge in [-0.3, -0.25) is 9.59 Å². The summed E-state index contributed by atoms with van der Waals surface area (Å²) in [6.45, 7) is -3.52. The summed E-state index contributed by atoms with van der Waals surface area (Å²) in [5, 5.41) is 0.322. The van der Waals surface area contributed by atoms with Crippen LogP contribution in [0.1, 0.15) is 5.69 Å². The van der Waals surface area contributed by atoms with E-state index in [0.29, 0.717) is 33.9 Å². The van der Waals surface area contributed by atoms with E-state index in [2.05, 4.69) is 14.7 Å². The molecule has 4 aromatic rings. The van der Waals surface area contributed by atoms with Gasteiger partial charge in [0, 0.05) is 72.2 Å². The summed E-state index contributed by atoms with van der Waals surface area (Å²) in [7, 11) is 1.49. The average Bonchev–Trinajstić information content (AvgIpc) is 3.32. The van der Waals surface area contributed by atoms with Gasteiger partial charge in [-0.15, -0.1) is 13.2 Å². The largest absolute Gasteiger partial charge is 0.503 e. The third kappa shape index (κ3) is 6.14. The van der Waals surface area contributed by atoms with E-state index < -0.39 is 30.6 Å². The number of rotatable bonds is 8. The highest BCUT2D eigenvalue weighted by atomic mass is 19.4. The monoisotopic (exact) mass is 547 g/mol. The maximum atomic E-state index is 13.0. The van der Waals surface area contributed by atoms with Crippen LogP contribution in [0.4, 0.5) is 22.0 Å². The van der Waals surface area contributed by atoms with E-state index in [-0.39, 0.29) is 23.3 Å². The van der Waals surface area contributed by atoms with E-state index in [0.717, 1.165) is 6.20 Å². The van der Waals surface area contributed by atoms with Crippen molar-refractivity contribution in [2.45, 2.75) is 19.5 Å². The number of benzene rings is 1. The van der Waals surface area contributed by atoms with Gasteiger partial charge in [0.15, 0.2) is 0 Å². The summed E-state index contributed by atoms with van der Waals surface area (Å²) in [6.07, 6.45) is -0.359. The van der Waals surface area contributed by atoms with Crippen molar-refractivity contribution in [2.75, 3.05) is 6.61 Å². The molecule has 8 nitrogen and oxygen atoms in total. The number of hydrogen-bond donors (Lipinski definition) is 2. The van der Waals surface area contributed by atoms with Gasteiger partial charge in [0.1, 0.15) is 5.52 Å². The lowest BCUT2D eigenvalue weighted by molar-refractivity contribution is -0.130. The second-order valence-electron chi connectivity index (χ2n) is 8.41. The van der Waals surface area contributed by atoms with Crippen molar-refractivity contribution in [3.8, 4) is 22.3 Å². The van der Waals surface area contributed by atoms with Crippen LogP contribution in [0.3, 0.4) is 0 Å². The Bertz CT molecular complexity index is 1670. The number of aromatic amines is 1. The van der Waals surface area contributed by atoms with Crippen LogP contribution in [-0.4, -0.2) is 39.9 Å². The SMILES string of the molecule is Cn1cc(-c2cc(=O)n(CCOC(F)F)cc2-c2ccccc2)c2cc(C(=C/N)/C=N/C(F)(F)F)[nH]c2c1=O. The van der Waals surface area contributed by atoms with Crippen LogP contribution in [0, 0.1) is 0 Å². The van der Waals surface area contributed by atoms with Crippen molar-refractivity contribution in [1.82, 2.24) is 14.1 Å². The topological polar surface area (TPSA) is 107 Å². The molecule has 3 heterocycles. The number of aliphatic imine (C=N–C) groups is 1. The highest BCUT2D eigenvalue weighted by molar-refractivity contribution is 6.11. The molecule has 0 aliphatic rings. The number of alkyl halides is 5. The molecule has 0 atom stereocenters. The lowest BCUT2D eigenvalue weighted by atomic mass is 9.95. The first-order chi connectivity index (χ1) is 18.5. The number of pyridine rings is 2. The van der Waals surface area contributed by atoms with Crippen LogP contribution in [0.15, 0.2) is 75.6 Å². The molecule has 3 N–H and O–H groups in total. The number of halogens is 5. The Labute approximate surface area is 217 Å². The Morgan fingerprint density at radius 3 is 2.46 bits per heavy atom. The molecule has 4 rings (SSSR count). The number of nitrogens with zero attached hydrogens (tertiary/aromatic N) is 3. The number of nitrogens with two attached hydrogens (primary N) is 1. The summed E-state index contributed by atoms with van der Waals surface area (Å²) in [4.78, 5) is 31.3. The fraction of sp³-hybridized carbons (Fsp3) is 0.192. The van der Waals surface area contributed by atoms with Gasteiger partial charge in [0.25, 0.3) is 11.1 Å². The predicted octanol–water partition coefficient (Wildman–Crippen LogP) is 4.49. The summed E-state index contributed by atoms with van der Waals surface area (Å²) in [5.41, 5.74) is 6.68. The van der Waals surface area contributed by atoms with Gasteiger partial charge < -0.3 is 24.6 Å². The molecular formula is C26H22F5N5O3. The molecule has 39 heavy (non-hydrogen) atoms. The second-order valence-corrected chi connectivity index (χ2v) is 8.41. The number of aromatic nitrogens is 3. The fourth-order valence-corrected chi connectivity index (χ4v) is 4.11. The van der Waals surface area contributed by atoms with Gasteiger partial charge in [-0.2, -0.15) is 13.8 Å². The van der Waals surface area contributed by atoms with E-state index in [4.69, 9.17) is 5.73 Å². The Hall–Kier alpha value is -4.52. The number of allylic oxidation sites excluding steroid dienone is 1. The molecule has 3 aromatic heterocycles. The summed E-state index contributed by atoms with van der Waals surface area (Å²) >= 11 is 0. The van der Waals surface area contributed by atoms with Crippen LogP contribution < -0.4 is 16.9 Å². The minimum absolute atomic E-state index is 0.0679. The Kier molecular flexibility index (Phi) is 7.81. The molecule has 0 saturated heterocycles. The van der Waals surface area contributed by atoms with Crippen LogP contribution >= 0.6 is 0 Å². The minimum Gasteiger partial charge on any atom is -0.404 e. The number of fused-ring (bicyclic) bond motifs is 1. The number of H-pyrrole nitrogens is 1. The molecule has 0 saturated carbocycles. The van der Waals surface area contributed by atoms with Crippen molar-refractivity contribution in [3.05, 3.63) is 87.5 Å². The van der Waals surface area contributed by atoms with Gasteiger partial charge in [-0.25, -0.2) is 0 Å². The number of ether oxygens (including phenoxy) is 1. The van der Waals surface area contributed by atoms with Gasteiger partial charge >= 0.3 is 12.9 Å². The standard InChI is InChI=1S/C26H22F5N5O3/c1-35-13-20(18-9-21(34-23(18)24(35)38)16(11-32)12-33-26(29,30)31)17-10-22(37)36(7-8-39-25(27)28)14-19(17)15-5-3-2-4-6-15/h2-6,9-14,25,34H,7-8,32H2,1H3/b16-11+,33-12+. The lowest BCUT2D eigenvalue weighted by Gasteiger charge is -2.15. The number of aryl methyl sites for hydroxylation is 1. The van der Waals surface area contributed by atoms with Crippen LogP contribution in [0.25, 0.3) is 38.7 Å². The minimum atomic E-state index is -4.82. The van der Waals surface area contributed by atoms with Gasteiger partial charge in [-0.1, -0.05) is 30.3 Å². The van der Waals surface area contributed by atoms with Crippen molar-refractivity contribution in [3.63, 3.8) is 0 Å². The predicted molar refractivity (Wildman–Crippen MR) is 137 cm³/mol. The molecule has 0 unspecified atom stereocenters. The zero-order valence-electron chi connectivity index (χ0n) is 20.4. The molecule has 13 heteroatoms. The molecule has 0 radical (unpaired) electrons. The zero-order valence-corrected chi connectivity index (χ0v) is 20.4. The first kappa shape index (κ1) is 27.5. The van der Waals surface area contributed by atoms with Crippen LogP contribution in [-0.2, 0) is 18.3 Å². The average molecular weight is 547 g/mol. The Morgan fingerprint density at radius 1 is 1.10 bits per heavy atom. The number of hydrogen-bond acceptors (Lipinski definition) is 5. The van der Waals surface area contributed by atoms with Crippen LogP contribution in [0.2, 0.25) is 0 Å². The summed E-state index contributed by atoms with van der Waals surface area (Å²) in [6, 6.07) is 11.7. The molecule has 0 bridgehead atoms. The van der Waals surface area contributed by atoms with E-state index in [1.54, 1.807) is 30.3 Å². The normalized spacial score (nSPS) is 12.7. The quantitative estimate of drug-likeness (QED) is 0.193. The molecular weight excluding hydrogens is 525 g/mol. The van der Waals surface area contributed by atoms with Crippen molar-refractivity contribution < 1.29 is 26.7 Å². The molecule has 0 spiro atoms. The van der Waals surface area contributed by atoms with Crippen molar-refractivity contribution in [1.29, 1.82) is 0 Å². The smallest absolute Gasteiger partial charge is 0.404 e. The maximum absolute atomic E-state index is 13.0. The second kappa shape index (κ2) is 11.1. The molecule has 0 amide bonds. The first-order valence-corrected chi connectivity index (χ1v) is 11.4. The summed E-state index contributed by atoms with van der Waals surface area (Å²) in [5.74, 6) is 0. The van der Waals surface area contributed by atoms with Crippen LogP contribution in [0.5, 0.6) is 0 Å². The van der Waals surface area contributed by atoms with E-state index in [9.17, 15) is 31.5 Å². The van der Waals surface area contributed by atoms with E-state index >= 15 is 0 Å². The van der Waals surface area contributed by atoms with Gasteiger partial charge in [0.2, 0.25) is 0 Å². The molecule has 1 aromatic carbocycles. The zero-order chi connectivity index (χ0) is 28.3. The van der Waals surface area contributed by atoms with E-state index in [1.165, 1.54) is 40.7 Å². The molecule has 0 aliphatic heterocycles. The highest BCUT2D eigenvalue weighted by Crippen LogP contribution is 2.35. The van der Waals surface area contributed by atoms with E-state index in [1.807, 2.05) is 0 Å². The van der Waals surface area contributed by atoms with Crippen molar-refractivity contribution in [2.24, 2.45) is 17.8 Å². The molecule has 0 aliphatic carbocycles. The first-order valence-electron chi connectivity index (χ1n) is 11.4. The third-order valence-corrected chi connectivity index (χ3v) is 5.88. The summed E-state index contributed by atoms with van der Waals surface area (Å²) < 4.78 is 69.7. The molecule has 0 fully saturated rings. The highest BCUT2D eigenvalue weighted by Gasteiger charge is 2.25. The van der Waals surface area contributed by atoms with Gasteiger partial charge in [0.05, 0.1) is 6.61 Å². The number of nitrogens with one attached hydrogen (secondary N) is 1. The third-order valence-electron chi connectivity index (χ3n) is 5.88. The van der Waals surface area contributed by atoms with Gasteiger partial charge in [-0.05, 0) is 17.2 Å². The maximum Gasteiger partial charge on any atom is 0.503 e. The fourth-order valence-electron chi connectivity index (χ4n) is 4.11. The lowest BCUT2D eigenvalue weighted by Crippen LogP contribution is -2.23. The Balaban J connectivity index is 1.94. The Morgan fingerprint density at radius 2 is 1.82 bits per heavy atom. The van der Waals surface area contributed by atoms with Crippen molar-refractivity contribution >= 4 is 22.7 Å².